The molecule has 3 heteroatoms. The number of ether oxygens (including phenoxy) is 1. The lowest BCUT2D eigenvalue weighted by Gasteiger charge is -2.35. The minimum atomic E-state index is 0.0393. The predicted octanol–water partition coefficient (Wildman–Crippen LogP) is 2.85. The Labute approximate surface area is 102 Å². The van der Waals surface area contributed by atoms with Gasteiger partial charge < -0.3 is 10.1 Å². The molecule has 0 bridgehead atoms. The number of nitrogens with one attached hydrogen (secondary N) is 1. The van der Waals surface area contributed by atoms with E-state index in [-0.39, 0.29) is 5.54 Å². The summed E-state index contributed by atoms with van der Waals surface area (Å²) < 4.78 is 5.38. The van der Waals surface area contributed by atoms with Crippen LogP contribution in [0.1, 0.15) is 30.9 Å². The Morgan fingerprint density at radius 1 is 1.35 bits per heavy atom. The molecule has 0 saturated carbocycles. The lowest BCUT2D eigenvalue weighted by Crippen LogP contribution is -2.40. The zero-order chi connectivity index (χ0) is 12.3. The maximum absolute atomic E-state index is 9.11. The highest BCUT2D eigenvalue weighted by Crippen LogP contribution is 2.27. The van der Waals surface area contributed by atoms with Crippen molar-refractivity contribution in [1.82, 2.24) is 0 Å². The second-order valence-corrected chi connectivity index (χ2v) is 4.96. The number of hydrogen-bond donors (Lipinski definition) is 1. The van der Waals surface area contributed by atoms with Gasteiger partial charge in [0.25, 0.3) is 0 Å². The molecule has 1 aliphatic rings. The molecule has 1 fully saturated rings. The van der Waals surface area contributed by atoms with Gasteiger partial charge in [0, 0.05) is 18.8 Å². The molecule has 1 aliphatic heterocycles. The topological polar surface area (TPSA) is 45.0 Å². The predicted molar refractivity (Wildman–Crippen MR) is 68.0 cm³/mol. The highest BCUT2D eigenvalue weighted by molar-refractivity contribution is 5.60. The van der Waals surface area contributed by atoms with Crippen molar-refractivity contribution < 1.29 is 4.74 Å². The third-order valence-corrected chi connectivity index (χ3v) is 3.33. The van der Waals surface area contributed by atoms with E-state index < -0.39 is 0 Å². The minimum absolute atomic E-state index is 0.0393. The van der Waals surface area contributed by atoms with Gasteiger partial charge in [-0.1, -0.05) is 6.07 Å². The van der Waals surface area contributed by atoms with Crippen LogP contribution in [0.15, 0.2) is 18.2 Å². The summed E-state index contributed by atoms with van der Waals surface area (Å²) in [6.07, 6.45) is 1.96. The Kier molecular flexibility index (Phi) is 3.35. The van der Waals surface area contributed by atoms with Crippen molar-refractivity contribution in [2.75, 3.05) is 18.5 Å². The highest BCUT2D eigenvalue weighted by Gasteiger charge is 2.27. The van der Waals surface area contributed by atoms with E-state index in [0.717, 1.165) is 31.7 Å². The maximum atomic E-state index is 9.11. The minimum Gasteiger partial charge on any atom is -0.381 e. The van der Waals surface area contributed by atoms with Crippen molar-refractivity contribution in [3.63, 3.8) is 0 Å². The fourth-order valence-electron chi connectivity index (χ4n) is 2.13. The third-order valence-electron chi connectivity index (χ3n) is 3.33. The summed E-state index contributed by atoms with van der Waals surface area (Å²) in [5.41, 5.74) is 2.86. The van der Waals surface area contributed by atoms with Crippen LogP contribution in [0.5, 0.6) is 0 Å². The average molecular weight is 230 g/mol. The normalized spacial score (nSPS) is 18.4. The molecule has 1 saturated heterocycles. The number of hydrogen-bond acceptors (Lipinski definition) is 3. The van der Waals surface area contributed by atoms with Crippen LogP contribution in [0.25, 0.3) is 0 Å². The van der Waals surface area contributed by atoms with Gasteiger partial charge in [0.05, 0.1) is 11.3 Å². The highest BCUT2D eigenvalue weighted by atomic mass is 16.5. The van der Waals surface area contributed by atoms with E-state index in [2.05, 4.69) is 18.3 Å². The van der Waals surface area contributed by atoms with Gasteiger partial charge in [-0.3, -0.25) is 0 Å². The van der Waals surface area contributed by atoms with Gasteiger partial charge in [-0.15, -0.1) is 0 Å². The van der Waals surface area contributed by atoms with Crippen LogP contribution < -0.4 is 5.32 Å². The van der Waals surface area contributed by atoms with Gasteiger partial charge in [0.15, 0.2) is 0 Å². The Morgan fingerprint density at radius 2 is 2.06 bits per heavy atom. The SMILES string of the molecule is Cc1ccc(C#N)c(NC2(C)CCOCC2)c1. The summed E-state index contributed by atoms with van der Waals surface area (Å²) in [5.74, 6) is 0. The van der Waals surface area contributed by atoms with Crippen molar-refractivity contribution in [1.29, 1.82) is 5.26 Å². The molecule has 0 unspecified atom stereocenters. The number of nitriles is 1. The fourth-order valence-corrected chi connectivity index (χ4v) is 2.13. The lowest BCUT2D eigenvalue weighted by molar-refractivity contribution is 0.0658. The quantitative estimate of drug-likeness (QED) is 0.849. The first-order valence-electron chi connectivity index (χ1n) is 6.00. The Bertz CT molecular complexity index is 442. The van der Waals surface area contributed by atoms with Gasteiger partial charge in [0.2, 0.25) is 0 Å². The first-order valence-corrected chi connectivity index (χ1v) is 6.00. The first-order chi connectivity index (χ1) is 8.13. The molecule has 17 heavy (non-hydrogen) atoms. The fraction of sp³-hybridized carbons (Fsp3) is 0.500. The van der Waals surface area contributed by atoms with Crippen LogP contribution in [0.3, 0.4) is 0 Å². The van der Waals surface area contributed by atoms with Crippen LogP contribution in [-0.2, 0) is 4.74 Å². The van der Waals surface area contributed by atoms with Crippen molar-refractivity contribution in [3.05, 3.63) is 29.3 Å². The molecule has 0 radical (unpaired) electrons. The summed E-state index contributed by atoms with van der Waals surface area (Å²) in [4.78, 5) is 0. The van der Waals surface area contributed by atoms with E-state index in [9.17, 15) is 0 Å². The van der Waals surface area contributed by atoms with Crippen molar-refractivity contribution in [3.8, 4) is 6.07 Å². The van der Waals surface area contributed by atoms with E-state index in [1.165, 1.54) is 5.56 Å². The molecule has 0 atom stereocenters. The van der Waals surface area contributed by atoms with Gasteiger partial charge in [-0.05, 0) is 44.4 Å². The lowest BCUT2D eigenvalue weighted by atomic mass is 9.91. The van der Waals surface area contributed by atoms with E-state index in [1.54, 1.807) is 0 Å². The number of benzene rings is 1. The average Bonchev–Trinajstić information content (AvgIpc) is 2.29. The molecule has 0 aromatic heterocycles. The molecule has 0 amide bonds. The van der Waals surface area contributed by atoms with E-state index in [0.29, 0.717) is 5.56 Å². The zero-order valence-electron chi connectivity index (χ0n) is 10.4. The van der Waals surface area contributed by atoms with E-state index in [4.69, 9.17) is 10.00 Å². The van der Waals surface area contributed by atoms with Crippen LogP contribution >= 0.6 is 0 Å². The summed E-state index contributed by atoms with van der Waals surface area (Å²) >= 11 is 0. The van der Waals surface area contributed by atoms with E-state index in [1.807, 2.05) is 25.1 Å². The van der Waals surface area contributed by atoms with Crippen molar-refractivity contribution >= 4 is 5.69 Å². The van der Waals surface area contributed by atoms with Gasteiger partial charge in [-0.25, -0.2) is 0 Å². The summed E-state index contributed by atoms with van der Waals surface area (Å²) in [5, 5.41) is 12.6. The molecule has 3 nitrogen and oxygen atoms in total. The van der Waals surface area contributed by atoms with Crippen LogP contribution in [0, 0.1) is 18.3 Å². The van der Waals surface area contributed by atoms with Gasteiger partial charge in [0.1, 0.15) is 6.07 Å². The summed E-state index contributed by atoms with van der Waals surface area (Å²) in [6, 6.07) is 8.12. The van der Waals surface area contributed by atoms with Crippen LogP contribution in [0.2, 0.25) is 0 Å². The second-order valence-electron chi connectivity index (χ2n) is 4.96. The summed E-state index contributed by atoms with van der Waals surface area (Å²) in [6.45, 7) is 5.81. The smallest absolute Gasteiger partial charge is 0.101 e. The monoisotopic (exact) mass is 230 g/mol. The summed E-state index contributed by atoms with van der Waals surface area (Å²) in [7, 11) is 0. The largest absolute Gasteiger partial charge is 0.381 e. The second kappa shape index (κ2) is 4.77. The molecule has 2 rings (SSSR count). The molecule has 90 valence electrons. The molecular formula is C14H18N2O. The molecule has 1 aromatic rings. The molecule has 1 aromatic carbocycles. The Balaban J connectivity index is 2.22. The maximum Gasteiger partial charge on any atom is 0.101 e. The number of anilines is 1. The Hall–Kier alpha value is -1.53. The molecule has 0 spiro atoms. The number of aryl methyl sites for hydroxylation is 1. The Morgan fingerprint density at radius 3 is 2.71 bits per heavy atom. The molecule has 0 aliphatic carbocycles. The van der Waals surface area contributed by atoms with Crippen LogP contribution in [0.4, 0.5) is 5.69 Å². The van der Waals surface area contributed by atoms with Gasteiger partial charge >= 0.3 is 0 Å². The van der Waals surface area contributed by atoms with Crippen molar-refractivity contribution in [2.45, 2.75) is 32.2 Å². The standard InChI is InChI=1S/C14H18N2O/c1-11-3-4-12(10-15)13(9-11)16-14(2)5-7-17-8-6-14/h3-4,9,16H,5-8H2,1-2H3. The molecular weight excluding hydrogens is 212 g/mol. The molecule has 1 N–H and O–H groups in total. The first kappa shape index (κ1) is 11.9. The van der Waals surface area contributed by atoms with Gasteiger partial charge in [-0.2, -0.15) is 5.26 Å². The van der Waals surface area contributed by atoms with Crippen molar-refractivity contribution in [2.24, 2.45) is 0 Å². The van der Waals surface area contributed by atoms with Crippen LogP contribution in [-0.4, -0.2) is 18.8 Å². The zero-order valence-corrected chi connectivity index (χ0v) is 10.4. The third kappa shape index (κ3) is 2.78. The van der Waals surface area contributed by atoms with E-state index >= 15 is 0 Å². The number of nitrogens with zero attached hydrogens (tertiary/aromatic N) is 1. The number of rotatable bonds is 2. The molecule has 1 heterocycles.